The summed E-state index contributed by atoms with van der Waals surface area (Å²) in [6, 6.07) is 0. The Morgan fingerprint density at radius 1 is 0.212 bits per heavy atom. The summed E-state index contributed by atoms with van der Waals surface area (Å²) in [5, 5.41) is 24.2. The summed E-state index contributed by atoms with van der Waals surface area (Å²) >= 11 is 0. The van der Waals surface area contributed by atoms with Crippen LogP contribution in [0.2, 0.25) is 0 Å². The molecule has 2 heteroatoms. The number of phenols is 2. The van der Waals surface area contributed by atoms with Crippen LogP contribution in [0.5, 0.6) is 11.5 Å². The molecule has 1 aromatic rings. The third-order valence-corrected chi connectivity index (χ3v) is 12.0. The average molecular weight is 727 g/mol. The Balaban J connectivity index is 2.99. The molecule has 0 atom stereocenters. The molecule has 1 aromatic carbocycles. The van der Waals surface area contributed by atoms with Crippen LogP contribution in [0.4, 0.5) is 0 Å². The minimum absolute atomic E-state index is 0.578. The van der Waals surface area contributed by atoms with Crippen molar-refractivity contribution in [3.8, 4) is 11.5 Å². The van der Waals surface area contributed by atoms with E-state index >= 15 is 0 Å². The minimum Gasteiger partial charge on any atom is -0.507 e. The zero-order valence-corrected chi connectivity index (χ0v) is 36.2. The van der Waals surface area contributed by atoms with E-state index < -0.39 is 0 Å². The molecule has 0 saturated carbocycles. The third-order valence-electron chi connectivity index (χ3n) is 12.0. The number of benzene rings is 1. The molecular weight excluding hydrogens is 633 g/mol. The fourth-order valence-corrected chi connectivity index (χ4v) is 8.46. The predicted octanol–water partition coefficient (Wildman–Crippen LogP) is 17.4. The highest BCUT2D eigenvalue weighted by molar-refractivity contribution is 5.58. The smallest absolute Gasteiger partial charge is 0.122 e. The third kappa shape index (κ3) is 25.0. The molecule has 0 aliphatic carbocycles. The van der Waals surface area contributed by atoms with E-state index in [1.165, 1.54) is 205 Å². The molecule has 0 unspecified atom stereocenters. The Hall–Kier alpha value is -1.18. The predicted molar refractivity (Wildman–Crippen MR) is 233 cm³/mol. The van der Waals surface area contributed by atoms with Crippen molar-refractivity contribution in [3.63, 3.8) is 0 Å². The summed E-state index contributed by atoms with van der Waals surface area (Å²) in [6.45, 7) is 9.18. The van der Waals surface area contributed by atoms with Crippen LogP contribution >= 0.6 is 0 Å². The number of phenolic OH excluding ortho intramolecular Hbond substituents is 2. The van der Waals surface area contributed by atoms with E-state index in [-0.39, 0.29) is 0 Å². The Labute approximate surface area is 327 Å². The lowest BCUT2D eigenvalue weighted by atomic mass is 9.85. The first-order valence-corrected chi connectivity index (χ1v) is 24.2. The van der Waals surface area contributed by atoms with Crippen LogP contribution in [0, 0.1) is 0 Å². The van der Waals surface area contributed by atoms with Gasteiger partial charge >= 0.3 is 0 Å². The highest BCUT2D eigenvalue weighted by Gasteiger charge is 2.23. The van der Waals surface area contributed by atoms with Crippen molar-refractivity contribution in [2.24, 2.45) is 0 Å². The maximum absolute atomic E-state index is 12.1. The highest BCUT2D eigenvalue weighted by Crippen LogP contribution is 2.41. The zero-order valence-electron chi connectivity index (χ0n) is 36.2. The standard InChI is InChI=1S/C50H94O2/c1-5-9-13-17-21-25-29-33-37-41-45-46(42-38-34-30-26-22-18-14-10-6-2)50(52)48(44-40-36-32-28-24-20-16-12-8-4)47(49(45)51)43-39-35-31-27-23-19-15-11-7-3/h51-52H,5-44H2,1-4H3. The zero-order chi connectivity index (χ0) is 37.7. The lowest BCUT2D eigenvalue weighted by Crippen LogP contribution is -2.06. The van der Waals surface area contributed by atoms with Gasteiger partial charge < -0.3 is 10.2 Å². The molecule has 0 aromatic heterocycles. The van der Waals surface area contributed by atoms with Crippen LogP contribution in [0.15, 0.2) is 0 Å². The molecule has 306 valence electrons. The van der Waals surface area contributed by atoms with Gasteiger partial charge in [-0.25, -0.2) is 0 Å². The molecule has 0 heterocycles. The average Bonchev–Trinajstić information content (AvgIpc) is 3.15. The molecule has 0 radical (unpaired) electrons. The van der Waals surface area contributed by atoms with Gasteiger partial charge in [0.2, 0.25) is 0 Å². The van der Waals surface area contributed by atoms with E-state index in [1.807, 2.05) is 0 Å². The normalized spacial score (nSPS) is 11.6. The van der Waals surface area contributed by atoms with Crippen LogP contribution in [0.1, 0.15) is 281 Å². The molecule has 0 amide bonds. The summed E-state index contributed by atoms with van der Waals surface area (Å²) in [5.41, 5.74) is 4.45. The molecule has 1 rings (SSSR count). The van der Waals surface area contributed by atoms with E-state index in [4.69, 9.17) is 0 Å². The van der Waals surface area contributed by atoms with Crippen LogP contribution in [0.3, 0.4) is 0 Å². The van der Waals surface area contributed by atoms with Gasteiger partial charge in [-0.1, -0.05) is 233 Å². The van der Waals surface area contributed by atoms with Crippen molar-refractivity contribution in [3.05, 3.63) is 22.3 Å². The first-order chi connectivity index (χ1) is 25.6. The summed E-state index contributed by atoms with van der Waals surface area (Å²) in [6.07, 6.45) is 51.0. The van der Waals surface area contributed by atoms with Gasteiger partial charge in [0.15, 0.2) is 0 Å². The molecule has 2 nitrogen and oxygen atoms in total. The molecule has 0 fully saturated rings. The van der Waals surface area contributed by atoms with Crippen molar-refractivity contribution >= 4 is 0 Å². The molecule has 0 aliphatic heterocycles. The van der Waals surface area contributed by atoms with Crippen molar-refractivity contribution in [2.75, 3.05) is 0 Å². The van der Waals surface area contributed by atoms with Gasteiger partial charge in [-0.15, -0.1) is 0 Å². The lowest BCUT2D eigenvalue weighted by Gasteiger charge is -2.22. The monoisotopic (exact) mass is 727 g/mol. The van der Waals surface area contributed by atoms with Gasteiger partial charge in [-0.3, -0.25) is 0 Å². The number of hydrogen-bond donors (Lipinski definition) is 2. The van der Waals surface area contributed by atoms with Crippen LogP contribution in [0.25, 0.3) is 0 Å². The second-order valence-corrected chi connectivity index (χ2v) is 16.9. The fraction of sp³-hybridized carbons (Fsp3) is 0.880. The van der Waals surface area contributed by atoms with Gasteiger partial charge in [-0.05, 0) is 51.4 Å². The van der Waals surface area contributed by atoms with E-state index in [2.05, 4.69) is 27.7 Å². The fourth-order valence-electron chi connectivity index (χ4n) is 8.46. The van der Waals surface area contributed by atoms with Crippen molar-refractivity contribution in [1.82, 2.24) is 0 Å². The molecule has 0 bridgehead atoms. The van der Waals surface area contributed by atoms with Gasteiger partial charge in [0.25, 0.3) is 0 Å². The number of rotatable bonds is 40. The van der Waals surface area contributed by atoms with E-state index in [1.54, 1.807) is 0 Å². The largest absolute Gasteiger partial charge is 0.507 e. The quantitative estimate of drug-likeness (QED) is 0.0522. The Bertz CT molecular complexity index is 762. The summed E-state index contributed by atoms with van der Waals surface area (Å²) in [7, 11) is 0. The van der Waals surface area contributed by atoms with Gasteiger partial charge in [0.05, 0.1) is 0 Å². The molecule has 52 heavy (non-hydrogen) atoms. The maximum atomic E-state index is 12.1. The maximum Gasteiger partial charge on any atom is 0.122 e. The highest BCUT2D eigenvalue weighted by atomic mass is 16.3. The minimum atomic E-state index is 0.578. The van der Waals surface area contributed by atoms with E-state index in [0.29, 0.717) is 11.5 Å². The van der Waals surface area contributed by atoms with Crippen LogP contribution in [-0.2, 0) is 25.7 Å². The van der Waals surface area contributed by atoms with Crippen molar-refractivity contribution < 1.29 is 10.2 Å². The van der Waals surface area contributed by atoms with Gasteiger partial charge in [0, 0.05) is 22.3 Å². The number of hydrogen-bond acceptors (Lipinski definition) is 2. The first-order valence-electron chi connectivity index (χ1n) is 24.2. The molecule has 0 aliphatic rings. The summed E-state index contributed by atoms with van der Waals surface area (Å²) in [5.74, 6) is 1.16. The van der Waals surface area contributed by atoms with Gasteiger partial charge in [-0.2, -0.15) is 0 Å². The Morgan fingerprint density at radius 3 is 0.500 bits per heavy atom. The molecule has 2 N–H and O–H groups in total. The molecule has 0 spiro atoms. The summed E-state index contributed by atoms with van der Waals surface area (Å²) < 4.78 is 0. The van der Waals surface area contributed by atoms with E-state index in [9.17, 15) is 10.2 Å². The Morgan fingerprint density at radius 2 is 0.346 bits per heavy atom. The first kappa shape index (κ1) is 48.8. The van der Waals surface area contributed by atoms with Crippen molar-refractivity contribution in [2.45, 2.75) is 285 Å². The number of unbranched alkanes of at least 4 members (excludes halogenated alkanes) is 32. The van der Waals surface area contributed by atoms with Crippen LogP contribution < -0.4 is 0 Å². The SMILES string of the molecule is CCCCCCCCCCCc1c(O)c(CCCCCCCCCCC)c(CCCCCCCCCCC)c(O)c1CCCCCCCCCCC. The van der Waals surface area contributed by atoms with Crippen LogP contribution in [-0.4, -0.2) is 10.2 Å². The van der Waals surface area contributed by atoms with E-state index in [0.717, 1.165) is 73.6 Å². The summed E-state index contributed by atoms with van der Waals surface area (Å²) in [4.78, 5) is 0. The van der Waals surface area contributed by atoms with Crippen molar-refractivity contribution in [1.29, 1.82) is 0 Å². The second kappa shape index (κ2) is 36.8. The number of aromatic hydroxyl groups is 2. The second-order valence-electron chi connectivity index (χ2n) is 16.9. The van der Waals surface area contributed by atoms with Gasteiger partial charge in [0.1, 0.15) is 11.5 Å². The molecular formula is C50H94O2. The Kier molecular flexibility index (Phi) is 34.5. The lowest BCUT2D eigenvalue weighted by molar-refractivity contribution is 0.429. The molecule has 0 saturated heterocycles. The topological polar surface area (TPSA) is 40.5 Å².